The molecule has 16 heavy (non-hydrogen) atoms. The standard InChI is InChI=1S/C9H13ClO6/c1-5(11)14-4-8(10)9(15-6(2)12)16-7(3)13/h8-9H,4H2,1-3H3. The van der Waals surface area contributed by atoms with Crippen LogP contribution in [-0.2, 0) is 28.6 Å². The highest BCUT2D eigenvalue weighted by atomic mass is 35.5. The van der Waals surface area contributed by atoms with Crippen LogP contribution in [0.1, 0.15) is 20.8 Å². The van der Waals surface area contributed by atoms with Crippen molar-refractivity contribution in [2.75, 3.05) is 6.61 Å². The van der Waals surface area contributed by atoms with Crippen molar-refractivity contribution < 1.29 is 28.6 Å². The number of halogens is 1. The summed E-state index contributed by atoms with van der Waals surface area (Å²) in [5.41, 5.74) is 0. The third kappa shape index (κ3) is 7.05. The Hall–Kier alpha value is -1.30. The molecule has 1 atom stereocenters. The first-order valence-electron chi connectivity index (χ1n) is 4.44. The van der Waals surface area contributed by atoms with E-state index in [0.29, 0.717) is 0 Å². The molecule has 0 aromatic carbocycles. The van der Waals surface area contributed by atoms with Gasteiger partial charge in [-0.3, -0.25) is 14.4 Å². The van der Waals surface area contributed by atoms with Crippen LogP contribution in [0.5, 0.6) is 0 Å². The molecule has 0 radical (unpaired) electrons. The molecule has 6 nitrogen and oxygen atoms in total. The van der Waals surface area contributed by atoms with Crippen LogP contribution in [0.4, 0.5) is 0 Å². The average molecular weight is 253 g/mol. The molecule has 0 amide bonds. The summed E-state index contributed by atoms with van der Waals surface area (Å²) in [7, 11) is 0. The summed E-state index contributed by atoms with van der Waals surface area (Å²) in [4.78, 5) is 31.9. The van der Waals surface area contributed by atoms with Gasteiger partial charge in [0.25, 0.3) is 6.29 Å². The molecule has 0 fully saturated rings. The molecule has 92 valence electrons. The number of hydrogen-bond acceptors (Lipinski definition) is 6. The number of rotatable bonds is 5. The van der Waals surface area contributed by atoms with Gasteiger partial charge in [-0.05, 0) is 0 Å². The SMILES string of the molecule is CC(=O)OCC(Cl)C(OC(C)=O)OC(C)=O. The Kier molecular flexibility index (Phi) is 6.48. The Morgan fingerprint density at radius 3 is 1.75 bits per heavy atom. The van der Waals surface area contributed by atoms with E-state index in [1.165, 1.54) is 6.92 Å². The van der Waals surface area contributed by atoms with E-state index in [0.717, 1.165) is 13.8 Å². The lowest BCUT2D eigenvalue weighted by Crippen LogP contribution is -2.34. The quantitative estimate of drug-likeness (QED) is 0.405. The Labute approximate surface area is 97.8 Å². The van der Waals surface area contributed by atoms with Crippen LogP contribution in [0.25, 0.3) is 0 Å². The molecule has 0 aromatic heterocycles. The largest absolute Gasteiger partial charge is 0.464 e. The number of carbonyl (C=O) groups is 3. The van der Waals surface area contributed by atoms with Gasteiger partial charge in [0, 0.05) is 20.8 Å². The van der Waals surface area contributed by atoms with Crippen molar-refractivity contribution in [1.29, 1.82) is 0 Å². The van der Waals surface area contributed by atoms with E-state index >= 15 is 0 Å². The number of hydrogen-bond donors (Lipinski definition) is 0. The minimum absolute atomic E-state index is 0.220. The zero-order valence-electron chi connectivity index (χ0n) is 9.19. The Balaban J connectivity index is 4.30. The fraction of sp³-hybridized carbons (Fsp3) is 0.667. The molecule has 0 bridgehead atoms. The van der Waals surface area contributed by atoms with Crippen molar-refractivity contribution in [2.24, 2.45) is 0 Å². The molecule has 0 aliphatic carbocycles. The van der Waals surface area contributed by atoms with Crippen molar-refractivity contribution in [3.05, 3.63) is 0 Å². The van der Waals surface area contributed by atoms with E-state index in [2.05, 4.69) is 14.2 Å². The second-order valence-corrected chi connectivity index (χ2v) is 3.47. The van der Waals surface area contributed by atoms with Gasteiger partial charge in [0.1, 0.15) is 12.0 Å². The van der Waals surface area contributed by atoms with Crippen LogP contribution in [0.15, 0.2) is 0 Å². The fourth-order valence-corrected chi connectivity index (χ4v) is 0.940. The molecule has 0 saturated carbocycles. The molecular weight excluding hydrogens is 240 g/mol. The van der Waals surface area contributed by atoms with Crippen LogP contribution in [0.2, 0.25) is 0 Å². The van der Waals surface area contributed by atoms with E-state index in [9.17, 15) is 14.4 Å². The molecule has 0 aliphatic heterocycles. The van der Waals surface area contributed by atoms with Gasteiger partial charge in [0.2, 0.25) is 0 Å². The molecule has 1 unspecified atom stereocenters. The maximum absolute atomic E-state index is 10.7. The van der Waals surface area contributed by atoms with Gasteiger partial charge < -0.3 is 14.2 Å². The number of alkyl halides is 1. The molecule has 0 saturated heterocycles. The second-order valence-electron chi connectivity index (χ2n) is 2.91. The van der Waals surface area contributed by atoms with E-state index in [1.54, 1.807) is 0 Å². The lowest BCUT2D eigenvalue weighted by molar-refractivity contribution is -0.186. The minimum atomic E-state index is -1.27. The first-order chi connectivity index (χ1) is 7.32. The molecule has 0 aromatic rings. The fourth-order valence-electron chi connectivity index (χ4n) is 0.774. The molecule has 0 heterocycles. The van der Waals surface area contributed by atoms with Gasteiger partial charge in [0.15, 0.2) is 0 Å². The Morgan fingerprint density at radius 2 is 1.44 bits per heavy atom. The summed E-state index contributed by atoms with van der Waals surface area (Å²) in [6.45, 7) is 3.27. The van der Waals surface area contributed by atoms with Crippen LogP contribution >= 0.6 is 11.6 Å². The highest BCUT2D eigenvalue weighted by Crippen LogP contribution is 2.10. The third-order valence-corrected chi connectivity index (χ3v) is 1.64. The number of esters is 3. The maximum atomic E-state index is 10.7. The van der Waals surface area contributed by atoms with Gasteiger partial charge in [-0.2, -0.15) is 0 Å². The second kappa shape index (κ2) is 7.05. The third-order valence-electron chi connectivity index (χ3n) is 1.31. The smallest absolute Gasteiger partial charge is 0.305 e. The minimum Gasteiger partial charge on any atom is -0.464 e. The van der Waals surface area contributed by atoms with E-state index < -0.39 is 29.6 Å². The highest BCUT2D eigenvalue weighted by Gasteiger charge is 2.26. The van der Waals surface area contributed by atoms with E-state index in [-0.39, 0.29) is 6.61 Å². The molecule has 0 spiro atoms. The summed E-state index contributed by atoms with van der Waals surface area (Å²) in [6.07, 6.45) is -1.27. The van der Waals surface area contributed by atoms with Crippen LogP contribution in [-0.4, -0.2) is 36.2 Å². The van der Waals surface area contributed by atoms with E-state index in [4.69, 9.17) is 11.6 Å². The first-order valence-corrected chi connectivity index (χ1v) is 4.88. The van der Waals surface area contributed by atoms with Crippen molar-refractivity contribution in [3.8, 4) is 0 Å². The zero-order chi connectivity index (χ0) is 12.7. The summed E-state index contributed by atoms with van der Waals surface area (Å²) < 4.78 is 13.9. The molecular formula is C9H13ClO6. The van der Waals surface area contributed by atoms with Gasteiger partial charge in [-0.25, -0.2) is 0 Å². The predicted molar refractivity (Wildman–Crippen MR) is 53.6 cm³/mol. The maximum Gasteiger partial charge on any atom is 0.305 e. The topological polar surface area (TPSA) is 78.9 Å². The van der Waals surface area contributed by atoms with Gasteiger partial charge in [-0.15, -0.1) is 11.6 Å². The van der Waals surface area contributed by atoms with E-state index in [1.807, 2.05) is 0 Å². The van der Waals surface area contributed by atoms with Gasteiger partial charge >= 0.3 is 17.9 Å². The summed E-state index contributed by atoms with van der Waals surface area (Å²) in [6, 6.07) is 0. The van der Waals surface area contributed by atoms with Gasteiger partial charge in [0.05, 0.1) is 0 Å². The first kappa shape index (κ1) is 14.7. The van der Waals surface area contributed by atoms with Crippen LogP contribution < -0.4 is 0 Å². The lowest BCUT2D eigenvalue weighted by Gasteiger charge is -2.20. The average Bonchev–Trinajstić information content (AvgIpc) is 2.11. The van der Waals surface area contributed by atoms with Crippen molar-refractivity contribution in [3.63, 3.8) is 0 Å². The highest BCUT2D eigenvalue weighted by molar-refractivity contribution is 6.21. The summed E-state index contributed by atoms with van der Waals surface area (Å²) >= 11 is 5.75. The Bertz CT molecular complexity index is 261. The normalized spacial score (nSPS) is 11.8. The predicted octanol–water partition coefficient (Wildman–Crippen LogP) is 0.609. The van der Waals surface area contributed by atoms with Crippen LogP contribution in [0.3, 0.4) is 0 Å². The zero-order valence-corrected chi connectivity index (χ0v) is 9.95. The van der Waals surface area contributed by atoms with Crippen LogP contribution in [0, 0.1) is 0 Å². The van der Waals surface area contributed by atoms with Crippen molar-refractivity contribution in [2.45, 2.75) is 32.4 Å². The molecule has 0 rings (SSSR count). The molecule has 0 N–H and O–H groups in total. The number of ether oxygens (including phenoxy) is 3. The Morgan fingerprint density at radius 1 is 1.00 bits per heavy atom. The van der Waals surface area contributed by atoms with Crippen molar-refractivity contribution >= 4 is 29.5 Å². The monoisotopic (exact) mass is 252 g/mol. The summed E-state index contributed by atoms with van der Waals surface area (Å²) in [5, 5.41) is -0.948. The van der Waals surface area contributed by atoms with Gasteiger partial charge in [-0.1, -0.05) is 0 Å². The molecule has 0 aliphatic rings. The molecule has 7 heteroatoms. The van der Waals surface area contributed by atoms with Crippen molar-refractivity contribution in [1.82, 2.24) is 0 Å². The lowest BCUT2D eigenvalue weighted by atomic mass is 10.4. The number of carbonyl (C=O) groups excluding carboxylic acids is 3. The summed E-state index contributed by atoms with van der Waals surface area (Å²) in [5.74, 6) is -1.84.